The lowest BCUT2D eigenvalue weighted by Gasteiger charge is -2.03. The van der Waals surface area contributed by atoms with E-state index >= 15 is 0 Å². The van der Waals surface area contributed by atoms with Crippen LogP contribution >= 0.6 is 0 Å². The van der Waals surface area contributed by atoms with Gasteiger partial charge in [-0.25, -0.2) is 0 Å². The fourth-order valence-corrected chi connectivity index (χ4v) is 1.25. The minimum absolute atomic E-state index is 0.192. The van der Waals surface area contributed by atoms with E-state index in [4.69, 9.17) is 5.11 Å². The zero-order chi connectivity index (χ0) is 12.0. The molecule has 1 aromatic rings. The predicted octanol–water partition coefficient (Wildman–Crippen LogP) is 1.51. The molecule has 0 saturated heterocycles. The van der Waals surface area contributed by atoms with Gasteiger partial charge in [0.15, 0.2) is 0 Å². The molecular formula is C13H17NO2. The number of benzene rings is 1. The van der Waals surface area contributed by atoms with Crippen molar-refractivity contribution < 1.29 is 9.90 Å². The Kier molecular flexibility index (Phi) is 4.73. The molecule has 0 aliphatic rings. The molecule has 0 aliphatic heterocycles. The van der Waals surface area contributed by atoms with Crippen molar-refractivity contribution in [3.63, 3.8) is 0 Å². The van der Waals surface area contributed by atoms with E-state index < -0.39 is 6.10 Å². The van der Waals surface area contributed by atoms with Gasteiger partial charge in [0.05, 0.1) is 6.10 Å². The van der Waals surface area contributed by atoms with E-state index in [0.29, 0.717) is 0 Å². The highest BCUT2D eigenvalue weighted by molar-refractivity contribution is 5.91. The topological polar surface area (TPSA) is 49.3 Å². The number of hydrogen-bond donors (Lipinski definition) is 2. The first-order valence-corrected chi connectivity index (χ1v) is 5.28. The van der Waals surface area contributed by atoms with Crippen LogP contribution in [-0.2, 0) is 4.79 Å². The largest absolute Gasteiger partial charge is 0.392 e. The molecule has 1 amide bonds. The van der Waals surface area contributed by atoms with Gasteiger partial charge in [0, 0.05) is 12.6 Å². The van der Waals surface area contributed by atoms with Crippen LogP contribution in [0.4, 0.5) is 0 Å². The van der Waals surface area contributed by atoms with Crippen molar-refractivity contribution in [3.8, 4) is 0 Å². The Morgan fingerprint density at radius 1 is 1.56 bits per heavy atom. The molecule has 0 unspecified atom stereocenters. The molecule has 0 radical (unpaired) electrons. The fourth-order valence-electron chi connectivity index (χ4n) is 1.25. The summed E-state index contributed by atoms with van der Waals surface area (Å²) in [4.78, 5) is 11.3. The fraction of sp³-hybridized carbons (Fsp3) is 0.308. The summed E-state index contributed by atoms with van der Waals surface area (Å²) in [6, 6.07) is 7.89. The predicted molar refractivity (Wildman–Crippen MR) is 64.9 cm³/mol. The number of carbonyl (C=O) groups is 1. The molecule has 0 fully saturated rings. The van der Waals surface area contributed by atoms with E-state index in [1.807, 2.05) is 31.2 Å². The third kappa shape index (κ3) is 4.75. The second kappa shape index (κ2) is 6.08. The Morgan fingerprint density at radius 3 is 2.94 bits per heavy atom. The Bertz CT molecular complexity index is 383. The molecule has 2 N–H and O–H groups in total. The SMILES string of the molecule is Cc1cccc(/C=C/C(=O)NC[C@H](C)O)c1. The van der Waals surface area contributed by atoms with Crippen LogP contribution in [0.1, 0.15) is 18.1 Å². The Balaban J connectivity index is 2.50. The number of hydrogen-bond acceptors (Lipinski definition) is 2. The Labute approximate surface area is 95.8 Å². The van der Waals surface area contributed by atoms with Crippen LogP contribution in [0, 0.1) is 6.92 Å². The van der Waals surface area contributed by atoms with E-state index in [1.165, 1.54) is 6.08 Å². The summed E-state index contributed by atoms with van der Waals surface area (Å²) in [5, 5.41) is 11.6. The second-order valence-electron chi connectivity index (χ2n) is 3.84. The van der Waals surface area contributed by atoms with Crippen LogP contribution in [-0.4, -0.2) is 23.7 Å². The number of aryl methyl sites for hydroxylation is 1. The van der Waals surface area contributed by atoms with Gasteiger partial charge in [-0.15, -0.1) is 0 Å². The molecule has 0 spiro atoms. The lowest BCUT2D eigenvalue weighted by Crippen LogP contribution is -2.28. The molecule has 16 heavy (non-hydrogen) atoms. The molecule has 0 saturated carbocycles. The van der Waals surface area contributed by atoms with Gasteiger partial charge in [0.2, 0.25) is 5.91 Å². The molecule has 1 atom stereocenters. The number of amides is 1. The summed E-state index contributed by atoms with van der Waals surface area (Å²) in [6.45, 7) is 3.91. The van der Waals surface area contributed by atoms with E-state index in [9.17, 15) is 4.79 Å². The molecule has 86 valence electrons. The highest BCUT2D eigenvalue weighted by Gasteiger charge is 1.98. The number of nitrogens with one attached hydrogen (secondary N) is 1. The van der Waals surface area contributed by atoms with Crippen molar-refractivity contribution in [1.82, 2.24) is 5.32 Å². The molecule has 0 heterocycles. The Morgan fingerprint density at radius 2 is 2.31 bits per heavy atom. The molecule has 0 aliphatic carbocycles. The van der Waals surface area contributed by atoms with Crippen molar-refractivity contribution >= 4 is 12.0 Å². The number of carbonyl (C=O) groups excluding carboxylic acids is 1. The molecule has 0 aromatic heterocycles. The molecule has 3 nitrogen and oxygen atoms in total. The maximum atomic E-state index is 11.3. The third-order valence-corrected chi connectivity index (χ3v) is 2.04. The summed E-state index contributed by atoms with van der Waals surface area (Å²) in [7, 11) is 0. The minimum Gasteiger partial charge on any atom is -0.392 e. The molecule has 1 rings (SSSR count). The van der Waals surface area contributed by atoms with Gasteiger partial charge in [-0.1, -0.05) is 29.8 Å². The average molecular weight is 219 g/mol. The summed E-state index contributed by atoms with van der Waals surface area (Å²) < 4.78 is 0. The van der Waals surface area contributed by atoms with Gasteiger partial charge < -0.3 is 10.4 Å². The van der Waals surface area contributed by atoms with Gasteiger partial charge in [-0.3, -0.25) is 4.79 Å². The van der Waals surface area contributed by atoms with Crippen LogP contribution in [0.5, 0.6) is 0 Å². The van der Waals surface area contributed by atoms with Gasteiger partial charge in [0.1, 0.15) is 0 Å². The highest BCUT2D eigenvalue weighted by Crippen LogP contribution is 2.05. The summed E-state index contributed by atoms with van der Waals surface area (Å²) in [6.07, 6.45) is 2.71. The zero-order valence-electron chi connectivity index (χ0n) is 9.60. The van der Waals surface area contributed by atoms with Crippen molar-refractivity contribution in [2.45, 2.75) is 20.0 Å². The maximum absolute atomic E-state index is 11.3. The van der Waals surface area contributed by atoms with Crippen LogP contribution < -0.4 is 5.32 Å². The second-order valence-corrected chi connectivity index (χ2v) is 3.84. The van der Waals surface area contributed by atoms with E-state index in [2.05, 4.69) is 5.32 Å². The number of aliphatic hydroxyl groups excluding tert-OH is 1. The smallest absolute Gasteiger partial charge is 0.244 e. The highest BCUT2D eigenvalue weighted by atomic mass is 16.3. The van der Waals surface area contributed by atoms with Crippen LogP contribution in [0.2, 0.25) is 0 Å². The van der Waals surface area contributed by atoms with E-state index in [0.717, 1.165) is 11.1 Å². The number of rotatable bonds is 4. The lowest BCUT2D eigenvalue weighted by molar-refractivity contribution is -0.116. The van der Waals surface area contributed by atoms with Gasteiger partial charge >= 0.3 is 0 Å². The zero-order valence-corrected chi connectivity index (χ0v) is 9.60. The van der Waals surface area contributed by atoms with Crippen LogP contribution in [0.15, 0.2) is 30.3 Å². The summed E-state index contributed by atoms with van der Waals surface area (Å²) >= 11 is 0. The first-order valence-electron chi connectivity index (χ1n) is 5.28. The standard InChI is InChI=1S/C13H17NO2/c1-10-4-3-5-12(8-10)6-7-13(16)14-9-11(2)15/h3-8,11,15H,9H2,1-2H3,(H,14,16)/b7-6+/t11-/m0/s1. The molecule has 0 bridgehead atoms. The van der Waals surface area contributed by atoms with Crippen molar-refractivity contribution in [3.05, 3.63) is 41.5 Å². The average Bonchev–Trinajstić information content (AvgIpc) is 2.23. The van der Waals surface area contributed by atoms with Crippen LogP contribution in [0.25, 0.3) is 6.08 Å². The lowest BCUT2D eigenvalue weighted by atomic mass is 10.1. The first-order chi connectivity index (χ1) is 7.58. The maximum Gasteiger partial charge on any atom is 0.244 e. The van der Waals surface area contributed by atoms with Crippen LogP contribution in [0.3, 0.4) is 0 Å². The normalized spacial score (nSPS) is 12.7. The third-order valence-electron chi connectivity index (χ3n) is 2.04. The minimum atomic E-state index is -0.517. The summed E-state index contributed by atoms with van der Waals surface area (Å²) in [5.41, 5.74) is 2.15. The molecule has 1 aromatic carbocycles. The van der Waals surface area contributed by atoms with E-state index in [-0.39, 0.29) is 12.5 Å². The van der Waals surface area contributed by atoms with Gasteiger partial charge in [-0.2, -0.15) is 0 Å². The summed E-state index contributed by atoms with van der Waals surface area (Å²) in [5.74, 6) is -0.192. The van der Waals surface area contributed by atoms with Crippen molar-refractivity contribution in [1.29, 1.82) is 0 Å². The van der Waals surface area contributed by atoms with Crippen molar-refractivity contribution in [2.75, 3.05) is 6.54 Å². The molecular weight excluding hydrogens is 202 g/mol. The van der Waals surface area contributed by atoms with Gasteiger partial charge in [-0.05, 0) is 25.5 Å². The molecule has 3 heteroatoms. The quantitative estimate of drug-likeness (QED) is 0.754. The van der Waals surface area contributed by atoms with Gasteiger partial charge in [0.25, 0.3) is 0 Å². The van der Waals surface area contributed by atoms with E-state index in [1.54, 1.807) is 13.0 Å². The number of aliphatic hydroxyl groups is 1. The first kappa shape index (κ1) is 12.5. The Hall–Kier alpha value is -1.61. The monoisotopic (exact) mass is 219 g/mol. The van der Waals surface area contributed by atoms with Crippen molar-refractivity contribution in [2.24, 2.45) is 0 Å².